The van der Waals surface area contributed by atoms with Gasteiger partial charge in [0.05, 0.1) is 11.9 Å². The number of anilines is 3. The van der Waals surface area contributed by atoms with Crippen LogP contribution in [0.4, 0.5) is 17.1 Å². The fourth-order valence-corrected chi connectivity index (χ4v) is 2.24. The number of benzene rings is 2. The fraction of sp³-hybridized carbons (Fsp3) is 0. The smallest absolute Gasteiger partial charge is 0.274 e. The average Bonchev–Trinajstić information content (AvgIpc) is 2.56. The van der Waals surface area contributed by atoms with E-state index in [1.807, 2.05) is 54.6 Å². The van der Waals surface area contributed by atoms with E-state index in [2.05, 4.69) is 15.6 Å². The van der Waals surface area contributed by atoms with E-state index in [1.165, 1.54) is 0 Å². The van der Waals surface area contributed by atoms with Crippen molar-refractivity contribution in [1.82, 2.24) is 4.98 Å². The molecule has 3 rings (SSSR count). The van der Waals surface area contributed by atoms with E-state index < -0.39 is 0 Å². The lowest BCUT2D eigenvalue weighted by atomic mass is 10.2. The molecule has 3 aromatic rings. The van der Waals surface area contributed by atoms with E-state index in [9.17, 15) is 4.79 Å². The largest absolute Gasteiger partial charge is 0.354 e. The molecule has 2 aromatic carbocycles. The van der Waals surface area contributed by atoms with E-state index in [-0.39, 0.29) is 5.91 Å². The predicted molar refractivity (Wildman–Crippen MR) is 93.4 cm³/mol. The van der Waals surface area contributed by atoms with Gasteiger partial charge in [0.2, 0.25) is 0 Å². The third-order valence-electron chi connectivity index (χ3n) is 3.14. The molecule has 0 fully saturated rings. The summed E-state index contributed by atoms with van der Waals surface area (Å²) >= 11 is 5.95. The summed E-state index contributed by atoms with van der Waals surface area (Å²) in [6.07, 6.45) is 1.61. The van der Waals surface area contributed by atoms with Crippen LogP contribution in [0.1, 0.15) is 10.5 Å². The van der Waals surface area contributed by atoms with Crippen molar-refractivity contribution in [3.8, 4) is 0 Å². The third-order valence-corrected chi connectivity index (χ3v) is 3.38. The van der Waals surface area contributed by atoms with Crippen LogP contribution >= 0.6 is 11.6 Å². The summed E-state index contributed by atoms with van der Waals surface area (Å²) in [5, 5.41) is 6.63. The van der Waals surface area contributed by atoms with E-state index in [0.717, 1.165) is 17.1 Å². The Morgan fingerprint density at radius 3 is 2.35 bits per heavy atom. The number of carbonyl (C=O) groups excluding carboxylic acids is 1. The number of rotatable bonds is 4. The van der Waals surface area contributed by atoms with Gasteiger partial charge in [-0.05, 0) is 42.5 Å². The Bertz CT molecular complexity index is 804. The highest BCUT2D eigenvalue weighted by Gasteiger charge is 2.07. The first kappa shape index (κ1) is 15.1. The van der Waals surface area contributed by atoms with Crippen molar-refractivity contribution in [2.45, 2.75) is 0 Å². The molecule has 0 aliphatic carbocycles. The number of pyridine rings is 1. The maximum atomic E-state index is 12.1. The third kappa shape index (κ3) is 4.08. The molecule has 0 atom stereocenters. The van der Waals surface area contributed by atoms with Gasteiger partial charge in [0.1, 0.15) is 5.69 Å². The predicted octanol–water partition coefficient (Wildman–Crippen LogP) is 4.73. The van der Waals surface area contributed by atoms with Gasteiger partial charge < -0.3 is 10.6 Å². The van der Waals surface area contributed by atoms with Crippen molar-refractivity contribution in [3.63, 3.8) is 0 Å². The second-order valence-electron chi connectivity index (χ2n) is 4.89. The first-order chi connectivity index (χ1) is 11.2. The number of amides is 1. The molecule has 1 aromatic heterocycles. The molecule has 2 N–H and O–H groups in total. The zero-order valence-electron chi connectivity index (χ0n) is 12.2. The van der Waals surface area contributed by atoms with Crippen LogP contribution in [0, 0.1) is 0 Å². The van der Waals surface area contributed by atoms with Gasteiger partial charge >= 0.3 is 0 Å². The molecule has 0 saturated carbocycles. The standard InChI is InChI=1S/C18H14ClN3O/c19-13-5-4-8-15(11-13)21-16-9-10-17(20-12-16)18(23)22-14-6-2-1-3-7-14/h1-12,21H,(H,22,23). The Balaban J connectivity index is 1.68. The van der Waals surface area contributed by atoms with Gasteiger partial charge in [0, 0.05) is 16.4 Å². The Labute approximate surface area is 139 Å². The number of hydrogen-bond donors (Lipinski definition) is 2. The Morgan fingerprint density at radius 2 is 1.65 bits per heavy atom. The summed E-state index contributed by atoms with van der Waals surface area (Å²) < 4.78 is 0. The quantitative estimate of drug-likeness (QED) is 0.729. The number of hydrogen-bond acceptors (Lipinski definition) is 3. The zero-order chi connectivity index (χ0) is 16.1. The van der Waals surface area contributed by atoms with Gasteiger partial charge in [0.15, 0.2) is 0 Å². The summed E-state index contributed by atoms with van der Waals surface area (Å²) in [5.74, 6) is -0.245. The molecule has 1 heterocycles. The lowest BCUT2D eigenvalue weighted by Crippen LogP contribution is -2.13. The SMILES string of the molecule is O=C(Nc1ccccc1)c1ccc(Nc2cccc(Cl)c2)cn1. The van der Waals surface area contributed by atoms with Crippen LogP contribution in [0.5, 0.6) is 0 Å². The van der Waals surface area contributed by atoms with Gasteiger partial charge in [-0.15, -0.1) is 0 Å². The molecular weight excluding hydrogens is 310 g/mol. The number of halogens is 1. The van der Waals surface area contributed by atoms with Crippen molar-refractivity contribution >= 4 is 34.6 Å². The summed E-state index contributed by atoms with van der Waals surface area (Å²) in [6.45, 7) is 0. The molecule has 0 unspecified atom stereocenters. The molecule has 0 radical (unpaired) electrons. The van der Waals surface area contributed by atoms with Gasteiger partial charge in [-0.1, -0.05) is 35.9 Å². The minimum Gasteiger partial charge on any atom is -0.354 e. The minimum atomic E-state index is -0.245. The molecule has 0 bridgehead atoms. The molecule has 5 heteroatoms. The van der Waals surface area contributed by atoms with E-state index in [0.29, 0.717) is 10.7 Å². The van der Waals surface area contributed by atoms with Gasteiger partial charge in [-0.3, -0.25) is 4.79 Å². The fourth-order valence-electron chi connectivity index (χ4n) is 2.05. The van der Waals surface area contributed by atoms with Crippen LogP contribution in [-0.2, 0) is 0 Å². The van der Waals surface area contributed by atoms with Crippen LogP contribution in [0.25, 0.3) is 0 Å². The van der Waals surface area contributed by atoms with Crippen molar-refractivity contribution in [2.75, 3.05) is 10.6 Å². The Kier molecular flexibility index (Phi) is 4.54. The topological polar surface area (TPSA) is 54.0 Å². The number of para-hydroxylation sites is 1. The number of aromatic nitrogens is 1. The van der Waals surface area contributed by atoms with E-state index >= 15 is 0 Å². The second kappa shape index (κ2) is 6.94. The summed E-state index contributed by atoms with van der Waals surface area (Å²) in [5.41, 5.74) is 2.73. The maximum absolute atomic E-state index is 12.1. The monoisotopic (exact) mass is 323 g/mol. The number of carbonyl (C=O) groups is 1. The second-order valence-corrected chi connectivity index (χ2v) is 5.32. The highest BCUT2D eigenvalue weighted by molar-refractivity contribution is 6.30. The van der Waals surface area contributed by atoms with Crippen molar-refractivity contribution < 1.29 is 4.79 Å². The molecule has 114 valence electrons. The van der Waals surface area contributed by atoms with Gasteiger partial charge in [-0.25, -0.2) is 4.98 Å². The summed E-state index contributed by atoms with van der Waals surface area (Å²) in [4.78, 5) is 16.3. The van der Waals surface area contributed by atoms with E-state index in [1.54, 1.807) is 18.3 Å². The normalized spacial score (nSPS) is 10.1. The van der Waals surface area contributed by atoms with Crippen LogP contribution in [0.2, 0.25) is 5.02 Å². The first-order valence-electron chi connectivity index (χ1n) is 7.06. The van der Waals surface area contributed by atoms with E-state index in [4.69, 9.17) is 11.6 Å². The molecule has 0 aliphatic heterocycles. The molecule has 0 saturated heterocycles. The highest BCUT2D eigenvalue weighted by Crippen LogP contribution is 2.19. The molecule has 23 heavy (non-hydrogen) atoms. The summed E-state index contributed by atoms with van der Waals surface area (Å²) in [7, 11) is 0. The molecule has 1 amide bonds. The molecule has 4 nitrogen and oxygen atoms in total. The molecule has 0 spiro atoms. The molecular formula is C18H14ClN3O. The average molecular weight is 324 g/mol. The van der Waals surface area contributed by atoms with Crippen LogP contribution in [-0.4, -0.2) is 10.9 Å². The van der Waals surface area contributed by atoms with Crippen LogP contribution < -0.4 is 10.6 Å². The maximum Gasteiger partial charge on any atom is 0.274 e. The van der Waals surface area contributed by atoms with Gasteiger partial charge in [-0.2, -0.15) is 0 Å². The van der Waals surface area contributed by atoms with Crippen LogP contribution in [0.3, 0.4) is 0 Å². The lowest BCUT2D eigenvalue weighted by molar-refractivity contribution is 0.102. The Hall–Kier alpha value is -2.85. The Morgan fingerprint density at radius 1 is 0.870 bits per heavy atom. The number of nitrogens with one attached hydrogen (secondary N) is 2. The van der Waals surface area contributed by atoms with Crippen LogP contribution in [0.15, 0.2) is 72.9 Å². The zero-order valence-corrected chi connectivity index (χ0v) is 12.9. The highest BCUT2D eigenvalue weighted by atomic mass is 35.5. The minimum absolute atomic E-state index is 0.245. The molecule has 0 aliphatic rings. The lowest BCUT2D eigenvalue weighted by Gasteiger charge is -2.08. The van der Waals surface area contributed by atoms with Crippen molar-refractivity contribution in [1.29, 1.82) is 0 Å². The van der Waals surface area contributed by atoms with Crippen molar-refractivity contribution in [2.24, 2.45) is 0 Å². The van der Waals surface area contributed by atoms with Gasteiger partial charge in [0.25, 0.3) is 5.91 Å². The summed E-state index contributed by atoms with van der Waals surface area (Å²) in [6, 6.07) is 20.1. The van der Waals surface area contributed by atoms with Crippen molar-refractivity contribution in [3.05, 3.63) is 83.6 Å². The first-order valence-corrected chi connectivity index (χ1v) is 7.43. The number of nitrogens with zero attached hydrogens (tertiary/aromatic N) is 1.